The number of rotatable bonds is 7. The van der Waals surface area contributed by atoms with Gasteiger partial charge in [0.2, 0.25) is 5.91 Å². The summed E-state index contributed by atoms with van der Waals surface area (Å²) in [5.41, 5.74) is 0.820. The molecule has 0 radical (unpaired) electrons. The second-order valence-corrected chi connectivity index (χ2v) is 6.23. The zero-order valence-electron chi connectivity index (χ0n) is 15.3. The Bertz CT molecular complexity index is 948. The molecule has 0 saturated heterocycles. The smallest absolute Gasteiger partial charge is 0.238 e. The lowest BCUT2D eigenvalue weighted by Crippen LogP contribution is -2.30. The van der Waals surface area contributed by atoms with Gasteiger partial charge in [-0.1, -0.05) is 36.4 Å². The highest BCUT2D eigenvalue weighted by atomic mass is 19.1. The van der Waals surface area contributed by atoms with E-state index in [1.165, 1.54) is 12.1 Å². The van der Waals surface area contributed by atoms with Gasteiger partial charge >= 0.3 is 0 Å². The molecule has 4 nitrogen and oxygen atoms in total. The molecule has 0 heterocycles. The topological polar surface area (TPSA) is 50.4 Å². The Kier molecular flexibility index (Phi) is 6.34. The Morgan fingerprint density at radius 1 is 1.00 bits per heavy atom. The second kappa shape index (κ2) is 9.10. The number of hydrogen-bond acceptors (Lipinski definition) is 3. The average molecular weight is 382 g/mol. The van der Waals surface area contributed by atoms with Crippen molar-refractivity contribution in [2.75, 3.05) is 11.9 Å². The fourth-order valence-electron chi connectivity index (χ4n) is 2.68. The van der Waals surface area contributed by atoms with Crippen molar-refractivity contribution in [3.63, 3.8) is 0 Å². The van der Waals surface area contributed by atoms with Gasteiger partial charge in [0.1, 0.15) is 17.4 Å². The Labute approximate surface area is 162 Å². The van der Waals surface area contributed by atoms with Crippen LogP contribution in [0.3, 0.4) is 0 Å². The molecule has 0 saturated carbocycles. The van der Waals surface area contributed by atoms with Gasteiger partial charge in [-0.15, -0.1) is 0 Å². The molecule has 0 aliphatic carbocycles. The van der Waals surface area contributed by atoms with E-state index in [1.54, 1.807) is 25.1 Å². The Morgan fingerprint density at radius 3 is 2.46 bits per heavy atom. The van der Waals surface area contributed by atoms with Crippen LogP contribution in [0, 0.1) is 11.6 Å². The molecule has 3 rings (SSSR count). The molecule has 1 atom stereocenters. The summed E-state index contributed by atoms with van der Waals surface area (Å²) in [6.07, 6.45) is 0. The van der Waals surface area contributed by atoms with Crippen LogP contribution in [-0.2, 0) is 4.79 Å². The van der Waals surface area contributed by atoms with E-state index in [1.807, 2.05) is 36.4 Å². The second-order valence-electron chi connectivity index (χ2n) is 6.23. The van der Waals surface area contributed by atoms with Crippen LogP contribution in [0.25, 0.3) is 0 Å². The summed E-state index contributed by atoms with van der Waals surface area (Å²) in [5, 5.41) is 5.71. The molecule has 0 fully saturated rings. The zero-order valence-corrected chi connectivity index (χ0v) is 15.3. The number of carbonyl (C=O) groups excluding carboxylic acids is 1. The van der Waals surface area contributed by atoms with Crippen molar-refractivity contribution in [1.82, 2.24) is 5.32 Å². The van der Waals surface area contributed by atoms with E-state index >= 15 is 0 Å². The number of carbonyl (C=O) groups is 1. The van der Waals surface area contributed by atoms with E-state index in [9.17, 15) is 13.6 Å². The molecule has 0 aromatic heterocycles. The molecular formula is C22H20F2N2O2. The van der Waals surface area contributed by atoms with Crippen LogP contribution in [0.15, 0.2) is 72.8 Å². The lowest BCUT2D eigenvalue weighted by molar-refractivity contribution is -0.115. The Hall–Kier alpha value is -3.25. The highest BCUT2D eigenvalue weighted by Crippen LogP contribution is 2.29. The predicted molar refractivity (Wildman–Crippen MR) is 104 cm³/mol. The lowest BCUT2D eigenvalue weighted by atomic mass is 10.1. The number of anilines is 1. The maximum atomic E-state index is 13.8. The summed E-state index contributed by atoms with van der Waals surface area (Å²) < 4.78 is 32.7. The molecule has 2 N–H and O–H groups in total. The van der Waals surface area contributed by atoms with Crippen molar-refractivity contribution in [3.05, 3.63) is 90.0 Å². The van der Waals surface area contributed by atoms with Crippen LogP contribution in [0.5, 0.6) is 11.5 Å². The van der Waals surface area contributed by atoms with Gasteiger partial charge in [0, 0.05) is 17.7 Å². The summed E-state index contributed by atoms with van der Waals surface area (Å²) >= 11 is 0. The minimum Gasteiger partial charge on any atom is -0.455 e. The van der Waals surface area contributed by atoms with E-state index < -0.39 is 17.7 Å². The third-order valence-corrected chi connectivity index (χ3v) is 4.13. The molecule has 144 valence electrons. The summed E-state index contributed by atoms with van der Waals surface area (Å²) in [7, 11) is 0. The fourth-order valence-corrected chi connectivity index (χ4v) is 2.68. The van der Waals surface area contributed by atoms with Gasteiger partial charge in [-0.05, 0) is 37.3 Å². The molecule has 1 unspecified atom stereocenters. The molecule has 0 aliphatic rings. The normalized spacial score (nSPS) is 11.7. The van der Waals surface area contributed by atoms with Gasteiger partial charge < -0.3 is 15.4 Å². The fraction of sp³-hybridized carbons (Fsp3) is 0.136. The largest absolute Gasteiger partial charge is 0.455 e. The van der Waals surface area contributed by atoms with Crippen LogP contribution in [-0.4, -0.2) is 12.5 Å². The van der Waals surface area contributed by atoms with Crippen LogP contribution in [0.4, 0.5) is 14.5 Å². The van der Waals surface area contributed by atoms with Crippen LogP contribution >= 0.6 is 0 Å². The van der Waals surface area contributed by atoms with Gasteiger partial charge in [0.25, 0.3) is 0 Å². The number of amides is 1. The minimum atomic E-state index is -0.651. The van der Waals surface area contributed by atoms with Gasteiger partial charge in [-0.2, -0.15) is 0 Å². The van der Waals surface area contributed by atoms with Gasteiger partial charge in [0.05, 0.1) is 12.2 Å². The van der Waals surface area contributed by atoms with E-state index in [0.29, 0.717) is 22.7 Å². The van der Waals surface area contributed by atoms with E-state index in [0.717, 1.165) is 6.07 Å². The van der Waals surface area contributed by atoms with Crippen molar-refractivity contribution >= 4 is 11.6 Å². The third-order valence-electron chi connectivity index (χ3n) is 4.13. The number of benzene rings is 3. The van der Waals surface area contributed by atoms with Gasteiger partial charge in [-0.25, -0.2) is 8.78 Å². The summed E-state index contributed by atoms with van der Waals surface area (Å²) in [6, 6.07) is 19.3. The monoisotopic (exact) mass is 382 g/mol. The standard InChI is InChI=1S/C22H20F2N2O2/c1-15(18-12-11-16(23)13-19(18)24)25-14-22(27)26-20-9-5-6-10-21(20)28-17-7-3-2-4-8-17/h2-13,15,25H,14H2,1H3,(H,26,27). The van der Waals surface area contributed by atoms with E-state index in [4.69, 9.17) is 4.74 Å². The lowest BCUT2D eigenvalue weighted by Gasteiger charge is -2.16. The number of ether oxygens (including phenoxy) is 1. The number of hydrogen-bond donors (Lipinski definition) is 2. The maximum absolute atomic E-state index is 13.8. The number of halogens is 2. The molecule has 6 heteroatoms. The van der Waals surface area contributed by atoms with E-state index in [2.05, 4.69) is 10.6 Å². The number of nitrogens with one attached hydrogen (secondary N) is 2. The summed E-state index contributed by atoms with van der Waals surface area (Å²) in [5.74, 6) is -0.427. The minimum absolute atomic E-state index is 0.0440. The molecular weight excluding hydrogens is 362 g/mol. The molecule has 28 heavy (non-hydrogen) atoms. The van der Waals surface area contributed by atoms with Crippen LogP contribution < -0.4 is 15.4 Å². The Morgan fingerprint density at radius 2 is 1.71 bits per heavy atom. The van der Waals surface area contributed by atoms with Gasteiger partial charge in [-0.3, -0.25) is 4.79 Å². The first kappa shape index (κ1) is 19.5. The summed E-state index contributed by atoms with van der Waals surface area (Å²) in [6.45, 7) is 1.66. The van der Waals surface area contributed by atoms with Crippen LogP contribution in [0.1, 0.15) is 18.5 Å². The maximum Gasteiger partial charge on any atom is 0.238 e. The molecule has 0 spiro atoms. The van der Waals surface area contributed by atoms with Crippen LogP contribution in [0.2, 0.25) is 0 Å². The highest BCUT2D eigenvalue weighted by Gasteiger charge is 2.14. The molecule has 3 aromatic carbocycles. The summed E-state index contributed by atoms with van der Waals surface area (Å²) in [4.78, 5) is 12.3. The SMILES string of the molecule is CC(NCC(=O)Nc1ccccc1Oc1ccccc1)c1ccc(F)cc1F. The Balaban J connectivity index is 1.60. The van der Waals surface area contributed by atoms with Crippen molar-refractivity contribution in [2.24, 2.45) is 0 Å². The van der Waals surface area contributed by atoms with Crippen molar-refractivity contribution in [1.29, 1.82) is 0 Å². The van der Waals surface area contributed by atoms with Crippen molar-refractivity contribution in [3.8, 4) is 11.5 Å². The first-order valence-corrected chi connectivity index (χ1v) is 8.83. The molecule has 3 aromatic rings. The highest BCUT2D eigenvalue weighted by molar-refractivity contribution is 5.93. The zero-order chi connectivity index (χ0) is 19.9. The molecule has 0 bridgehead atoms. The molecule has 1 amide bonds. The average Bonchev–Trinajstić information content (AvgIpc) is 2.68. The first-order valence-electron chi connectivity index (χ1n) is 8.83. The van der Waals surface area contributed by atoms with Crippen molar-refractivity contribution in [2.45, 2.75) is 13.0 Å². The van der Waals surface area contributed by atoms with Gasteiger partial charge in [0.15, 0.2) is 5.75 Å². The number of para-hydroxylation sites is 3. The van der Waals surface area contributed by atoms with E-state index in [-0.39, 0.29) is 12.5 Å². The quantitative estimate of drug-likeness (QED) is 0.601. The first-order chi connectivity index (χ1) is 13.5. The van der Waals surface area contributed by atoms with Crippen molar-refractivity contribution < 1.29 is 18.3 Å². The third kappa shape index (κ3) is 5.14. The predicted octanol–water partition coefficient (Wildman–Crippen LogP) is 5.05. The molecule has 0 aliphatic heterocycles.